The van der Waals surface area contributed by atoms with Gasteiger partial charge in [-0.3, -0.25) is 4.68 Å². The summed E-state index contributed by atoms with van der Waals surface area (Å²) in [5.41, 5.74) is 3.73. The average molecular weight is 500 g/mol. The maximum atomic E-state index is 12.9. The van der Waals surface area contributed by atoms with Gasteiger partial charge in [0.1, 0.15) is 0 Å². The van der Waals surface area contributed by atoms with E-state index >= 15 is 0 Å². The Morgan fingerprint density at radius 3 is 2.71 bits per heavy atom. The summed E-state index contributed by atoms with van der Waals surface area (Å²) in [5.74, 6) is 0.438. The van der Waals surface area contributed by atoms with Crippen LogP contribution in [0.5, 0.6) is 5.88 Å². The number of benzene rings is 1. The van der Waals surface area contributed by atoms with E-state index in [-0.39, 0.29) is 5.03 Å². The summed E-state index contributed by atoms with van der Waals surface area (Å²) in [6.45, 7) is 4.08. The molecule has 0 fully saturated rings. The number of carbonyl (C=O) groups is 1. The molecule has 0 saturated heterocycles. The lowest BCUT2D eigenvalue weighted by atomic mass is 9.98. The molecule has 186 valence electrons. The van der Waals surface area contributed by atoms with Crippen LogP contribution in [0.2, 0.25) is 0 Å². The van der Waals surface area contributed by atoms with Gasteiger partial charge >= 0.3 is 6.03 Å². The molecule has 2 heterocycles. The van der Waals surface area contributed by atoms with Crippen LogP contribution < -0.4 is 14.8 Å². The summed E-state index contributed by atoms with van der Waals surface area (Å²) >= 11 is 0. The van der Waals surface area contributed by atoms with Gasteiger partial charge in [0.15, 0.2) is 5.03 Å². The Balaban J connectivity index is 1.58. The molecule has 0 spiro atoms. The first-order valence-electron chi connectivity index (χ1n) is 11.2. The third-order valence-electron chi connectivity index (χ3n) is 5.99. The number of anilines is 1. The number of fused-ring (bicyclic) bond motifs is 1. The normalized spacial score (nSPS) is 13.4. The first-order valence-corrected chi connectivity index (χ1v) is 12.7. The molecule has 0 bridgehead atoms. The summed E-state index contributed by atoms with van der Waals surface area (Å²) in [6, 6.07) is 8.02. The number of methoxy groups -OCH3 is 2. The van der Waals surface area contributed by atoms with Gasteiger partial charge in [-0.15, -0.1) is 0 Å². The number of aryl methyl sites for hydroxylation is 1. The molecule has 0 aliphatic heterocycles. The number of sulfonamides is 1. The van der Waals surface area contributed by atoms with Crippen molar-refractivity contribution in [3.63, 3.8) is 0 Å². The summed E-state index contributed by atoms with van der Waals surface area (Å²) in [6.07, 6.45) is 5.80. The average Bonchev–Trinajstić information content (AvgIpc) is 3.49. The lowest BCUT2D eigenvalue weighted by Crippen LogP contribution is -2.35. The first kappa shape index (κ1) is 24.7. The number of pyridine rings is 1. The van der Waals surface area contributed by atoms with Crippen molar-refractivity contribution in [1.82, 2.24) is 19.5 Å². The monoisotopic (exact) mass is 499 g/mol. The zero-order chi connectivity index (χ0) is 25.2. The summed E-state index contributed by atoms with van der Waals surface area (Å²) in [5, 5.41) is 6.63. The van der Waals surface area contributed by atoms with Gasteiger partial charge in [0, 0.05) is 31.1 Å². The second-order valence-corrected chi connectivity index (χ2v) is 10.6. The Hall–Kier alpha value is -3.44. The fourth-order valence-electron chi connectivity index (χ4n) is 4.08. The molecule has 35 heavy (non-hydrogen) atoms. The van der Waals surface area contributed by atoms with Crippen LogP contribution in [0, 0.1) is 0 Å². The van der Waals surface area contributed by atoms with E-state index in [4.69, 9.17) is 9.47 Å². The van der Waals surface area contributed by atoms with E-state index in [1.165, 1.54) is 24.1 Å². The molecule has 1 aromatic carbocycles. The molecule has 11 heteroatoms. The number of nitrogens with one attached hydrogen (secondary N) is 2. The molecule has 0 atom stereocenters. The molecule has 0 saturated carbocycles. The summed E-state index contributed by atoms with van der Waals surface area (Å²) in [7, 11) is -1.08. The zero-order valence-electron chi connectivity index (χ0n) is 20.2. The third-order valence-corrected chi connectivity index (χ3v) is 7.21. The van der Waals surface area contributed by atoms with E-state index in [1.807, 2.05) is 32.0 Å². The molecule has 3 aromatic rings. The maximum Gasteiger partial charge on any atom is 0.333 e. The Morgan fingerprint density at radius 1 is 1.17 bits per heavy atom. The molecule has 2 amide bonds. The number of aromatic nitrogens is 3. The Bertz CT molecular complexity index is 1350. The lowest BCUT2D eigenvalue weighted by Gasteiger charge is -2.22. The van der Waals surface area contributed by atoms with Crippen molar-refractivity contribution in [3.8, 4) is 17.0 Å². The topological polar surface area (TPSA) is 124 Å². The molecule has 0 unspecified atom stereocenters. The van der Waals surface area contributed by atoms with Gasteiger partial charge in [-0.1, -0.05) is 12.1 Å². The summed E-state index contributed by atoms with van der Waals surface area (Å²) < 4.78 is 39.8. The van der Waals surface area contributed by atoms with Crippen LogP contribution in [0.3, 0.4) is 0 Å². The van der Waals surface area contributed by atoms with E-state index in [2.05, 4.69) is 20.1 Å². The molecule has 1 aliphatic carbocycles. The van der Waals surface area contributed by atoms with Crippen LogP contribution in [0.1, 0.15) is 31.4 Å². The number of ether oxygens (including phenoxy) is 2. The number of hydrogen-bond donors (Lipinski definition) is 2. The van der Waals surface area contributed by atoms with E-state index in [0.717, 1.165) is 41.5 Å². The van der Waals surface area contributed by atoms with Crippen LogP contribution in [0.15, 0.2) is 47.8 Å². The zero-order valence-corrected chi connectivity index (χ0v) is 21.0. The van der Waals surface area contributed by atoms with Gasteiger partial charge in [-0.05, 0) is 61.9 Å². The largest absolute Gasteiger partial charge is 0.481 e. The van der Waals surface area contributed by atoms with Crippen molar-refractivity contribution >= 4 is 21.7 Å². The van der Waals surface area contributed by atoms with E-state index in [1.54, 1.807) is 19.4 Å². The van der Waals surface area contributed by atoms with Crippen molar-refractivity contribution in [1.29, 1.82) is 0 Å². The molecular formula is C24H29N5O5S. The highest BCUT2D eigenvalue weighted by molar-refractivity contribution is 7.90. The van der Waals surface area contributed by atoms with Crippen LogP contribution in [-0.2, 0) is 34.1 Å². The van der Waals surface area contributed by atoms with Gasteiger partial charge in [0.05, 0.1) is 24.9 Å². The molecule has 0 radical (unpaired) electrons. The fourth-order valence-corrected chi connectivity index (χ4v) is 4.93. The fraction of sp³-hybridized carbons (Fsp3) is 0.375. The van der Waals surface area contributed by atoms with Crippen molar-refractivity contribution in [2.75, 3.05) is 19.5 Å². The molecule has 1 aliphatic rings. The Kier molecular flexibility index (Phi) is 6.82. The van der Waals surface area contributed by atoms with E-state index in [9.17, 15) is 13.2 Å². The Morgan fingerprint density at radius 2 is 1.97 bits per heavy atom. The highest BCUT2D eigenvalue weighted by atomic mass is 32.2. The predicted molar refractivity (Wildman–Crippen MR) is 131 cm³/mol. The molecule has 2 N–H and O–H groups in total. The van der Waals surface area contributed by atoms with Crippen LogP contribution in [0.25, 0.3) is 11.1 Å². The van der Waals surface area contributed by atoms with Crippen molar-refractivity contribution in [3.05, 3.63) is 53.9 Å². The second-order valence-electron chi connectivity index (χ2n) is 8.94. The number of rotatable bonds is 8. The molecular weight excluding hydrogens is 470 g/mol. The standard InChI is InChI=1S/C24H29N5O5S/c1-24(2,34-4)15-29-13-11-21(27-29)35(31,32)28-23(30)26-22-18-7-5-6-16(18)8-9-19(22)17-10-12-25-20(14-17)33-3/h8-14H,5-7,15H2,1-4H3,(H2,26,28,30). The quantitative estimate of drug-likeness (QED) is 0.487. The molecule has 10 nitrogen and oxygen atoms in total. The first-order chi connectivity index (χ1) is 16.6. The molecule has 2 aromatic heterocycles. The maximum absolute atomic E-state index is 12.9. The minimum Gasteiger partial charge on any atom is -0.481 e. The number of urea groups is 1. The van der Waals surface area contributed by atoms with Crippen molar-refractivity contribution in [2.45, 2.75) is 50.3 Å². The van der Waals surface area contributed by atoms with E-state index < -0.39 is 21.7 Å². The highest BCUT2D eigenvalue weighted by Crippen LogP contribution is 2.38. The highest BCUT2D eigenvalue weighted by Gasteiger charge is 2.25. The molecule has 4 rings (SSSR count). The second kappa shape index (κ2) is 9.67. The Labute approximate surface area is 204 Å². The number of hydrogen-bond acceptors (Lipinski definition) is 7. The smallest absolute Gasteiger partial charge is 0.333 e. The minimum absolute atomic E-state index is 0.253. The lowest BCUT2D eigenvalue weighted by molar-refractivity contribution is 0.00515. The van der Waals surface area contributed by atoms with Crippen molar-refractivity contribution in [2.24, 2.45) is 0 Å². The number of amides is 2. The van der Waals surface area contributed by atoms with Crippen molar-refractivity contribution < 1.29 is 22.7 Å². The summed E-state index contributed by atoms with van der Waals surface area (Å²) in [4.78, 5) is 17.0. The third kappa shape index (κ3) is 5.46. The van der Waals surface area contributed by atoms with Gasteiger partial charge in [0.2, 0.25) is 5.88 Å². The van der Waals surface area contributed by atoms with Crippen LogP contribution in [-0.4, -0.2) is 49.0 Å². The van der Waals surface area contributed by atoms with E-state index in [0.29, 0.717) is 18.1 Å². The van der Waals surface area contributed by atoms with Crippen LogP contribution in [0.4, 0.5) is 10.5 Å². The number of carbonyl (C=O) groups excluding carboxylic acids is 1. The van der Waals surface area contributed by atoms with Gasteiger partial charge in [-0.25, -0.2) is 14.5 Å². The van der Waals surface area contributed by atoms with Gasteiger partial charge in [0.25, 0.3) is 10.0 Å². The van der Waals surface area contributed by atoms with Crippen LogP contribution >= 0.6 is 0 Å². The number of nitrogens with zero attached hydrogens (tertiary/aromatic N) is 3. The van der Waals surface area contributed by atoms with Gasteiger partial charge < -0.3 is 14.8 Å². The van der Waals surface area contributed by atoms with Gasteiger partial charge in [-0.2, -0.15) is 13.5 Å². The predicted octanol–water partition coefficient (Wildman–Crippen LogP) is 3.38. The minimum atomic E-state index is -4.19. The SMILES string of the molecule is COc1cc(-c2ccc3c(c2NC(=O)NS(=O)(=O)c2ccn(CC(C)(C)OC)n2)CCC3)ccn1.